The van der Waals surface area contributed by atoms with Gasteiger partial charge in [0.15, 0.2) is 0 Å². The Kier molecular flexibility index (Phi) is 15.0. The maximum absolute atomic E-state index is 2.20. The second-order valence-corrected chi connectivity index (χ2v) is 2.53. The zero-order valence-electron chi connectivity index (χ0n) is 7.68. The van der Waals surface area contributed by atoms with E-state index in [4.69, 9.17) is 0 Å². The molecule has 0 saturated carbocycles. The number of quaternary nitrogens is 1. The van der Waals surface area contributed by atoms with Gasteiger partial charge in [0.25, 0.3) is 0 Å². The number of hydrogen-bond donors (Lipinski definition) is 1. The smallest absolute Gasteiger partial charge is 0.108 e. The Labute approximate surface area is 103 Å². The largest absolute Gasteiger partial charge is 1.00 e. The molecule has 1 nitrogen and oxygen atoms in total. The minimum Gasteiger partial charge on any atom is -1.00 e. The first-order valence-electron chi connectivity index (χ1n) is 3.69. The molecule has 1 unspecified atom stereocenters. The molecule has 0 aliphatic rings. The van der Waals surface area contributed by atoms with Crippen molar-refractivity contribution in [2.45, 2.75) is 13.0 Å². The third kappa shape index (κ3) is 6.33. The van der Waals surface area contributed by atoms with E-state index in [9.17, 15) is 0 Å². The lowest BCUT2D eigenvalue weighted by molar-refractivity contribution is -0.666. The molecule has 0 spiro atoms. The Bertz CT molecular complexity index is 194. The van der Waals surface area contributed by atoms with Crippen LogP contribution in [0.15, 0.2) is 30.3 Å². The third-order valence-corrected chi connectivity index (χ3v) is 1.83. The van der Waals surface area contributed by atoms with Crippen LogP contribution >= 0.6 is 0 Å². The maximum atomic E-state index is 2.20. The van der Waals surface area contributed by atoms with E-state index in [0.717, 1.165) is 0 Å². The molecule has 1 aromatic rings. The molecule has 0 bridgehead atoms. The van der Waals surface area contributed by atoms with E-state index in [1.165, 1.54) is 5.56 Å². The highest BCUT2D eigenvalue weighted by Gasteiger charge is 2.01. The van der Waals surface area contributed by atoms with E-state index in [1.54, 1.807) is 0 Å². The molecule has 13 heavy (non-hydrogen) atoms. The van der Waals surface area contributed by atoms with Crippen LogP contribution in [0.25, 0.3) is 0 Å². The van der Waals surface area contributed by atoms with Crippen LogP contribution in [0.5, 0.6) is 0 Å². The Morgan fingerprint density at radius 3 is 1.92 bits per heavy atom. The summed E-state index contributed by atoms with van der Waals surface area (Å²) >= 11 is 0. The van der Waals surface area contributed by atoms with Gasteiger partial charge in [0.05, 0.1) is 7.05 Å². The topological polar surface area (TPSA) is 16.6 Å². The van der Waals surface area contributed by atoms with Crippen LogP contribution in [0.1, 0.15) is 18.5 Å². The van der Waals surface area contributed by atoms with Gasteiger partial charge in [-0.05, 0) is 6.92 Å². The Balaban J connectivity index is -0.000000333. The zero-order chi connectivity index (χ0) is 7.40. The Morgan fingerprint density at radius 2 is 1.54 bits per heavy atom. The van der Waals surface area contributed by atoms with Crippen molar-refractivity contribution in [1.82, 2.24) is 0 Å². The van der Waals surface area contributed by atoms with Crippen LogP contribution in [0.3, 0.4) is 0 Å². The molecule has 0 fully saturated rings. The second kappa shape index (κ2) is 10.3. The molecule has 0 aliphatic carbocycles. The van der Waals surface area contributed by atoms with Crippen LogP contribution < -0.4 is 47.1 Å². The first kappa shape index (κ1) is 18.9. The first-order valence-corrected chi connectivity index (χ1v) is 3.69. The fraction of sp³-hybridized carbons (Fsp3) is 0.333. The molecule has 0 aliphatic heterocycles. The summed E-state index contributed by atoms with van der Waals surface area (Å²) in [5.41, 5.74) is 1.39. The third-order valence-electron chi connectivity index (χ3n) is 1.83. The molecular formula is C9H14BrCl2N-2. The second-order valence-electron chi connectivity index (χ2n) is 2.53. The molecule has 1 rings (SSSR count). The Morgan fingerprint density at radius 1 is 1.08 bits per heavy atom. The fourth-order valence-electron chi connectivity index (χ4n) is 0.949. The molecule has 2 N–H and O–H groups in total. The van der Waals surface area contributed by atoms with Gasteiger partial charge in [-0.3, -0.25) is 0 Å². The van der Waals surface area contributed by atoms with Crippen LogP contribution in [-0.2, 0) is 0 Å². The first-order chi connectivity index (χ1) is 4.84. The summed E-state index contributed by atoms with van der Waals surface area (Å²) in [5, 5.41) is 2.20. The van der Waals surface area contributed by atoms with Gasteiger partial charge in [-0.2, -0.15) is 0 Å². The highest BCUT2D eigenvalue weighted by molar-refractivity contribution is 5.16. The lowest BCUT2D eigenvalue weighted by Crippen LogP contribution is -3.00. The molecule has 4 heteroatoms. The molecule has 0 heterocycles. The van der Waals surface area contributed by atoms with E-state index in [2.05, 4.69) is 43.6 Å². The van der Waals surface area contributed by atoms with Crippen molar-refractivity contribution in [3.63, 3.8) is 0 Å². The van der Waals surface area contributed by atoms with Crippen molar-refractivity contribution >= 4 is 0 Å². The van der Waals surface area contributed by atoms with Crippen LogP contribution in [0.2, 0.25) is 0 Å². The molecular weight excluding hydrogens is 273 g/mol. The van der Waals surface area contributed by atoms with Crippen LogP contribution in [0.4, 0.5) is 0 Å². The van der Waals surface area contributed by atoms with E-state index in [-0.39, 0.29) is 41.8 Å². The highest BCUT2D eigenvalue weighted by Crippen LogP contribution is 2.05. The summed E-state index contributed by atoms with van der Waals surface area (Å²) < 4.78 is 0. The number of rotatable bonds is 2. The van der Waals surface area contributed by atoms with Crippen LogP contribution in [-0.4, -0.2) is 7.05 Å². The number of nitrogens with two attached hydrogens (primary N) is 1. The van der Waals surface area contributed by atoms with Gasteiger partial charge in [0, 0.05) is 5.56 Å². The van der Waals surface area contributed by atoms with Crippen LogP contribution in [0, 0.1) is 0 Å². The van der Waals surface area contributed by atoms with E-state index >= 15 is 0 Å². The van der Waals surface area contributed by atoms with Gasteiger partial charge in [-0.15, -0.1) is 0 Å². The average molecular weight is 287 g/mol. The highest BCUT2D eigenvalue weighted by atomic mass is 79.9. The van der Waals surface area contributed by atoms with Gasteiger partial charge in [0.1, 0.15) is 6.04 Å². The quantitative estimate of drug-likeness (QED) is 0.556. The predicted octanol–water partition coefficient (Wildman–Crippen LogP) is -8.05. The van der Waals surface area contributed by atoms with Crippen molar-refractivity contribution in [2.24, 2.45) is 0 Å². The SMILES string of the molecule is C[NH2+]C(C)c1ccccc1.[Br-].[Cl-].[Cl-]. The van der Waals surface area contributed by atoms with Gasteiger partial charge in [0.2, 0.25) is 0 Å². The van der Waals surface area contributed by atoms with Crippen molar-refractivity contribution < 1.29 is 47.1 Å². The number of benzene rings is 1. The summed E-state index contributed by atoms with van der Waals surface area (Å²) in [6.45, 7) is 2.20. The number of hydrogen-bond acceptors (Lipinski definition) is 0. The molecule has 0 saturated heterocycles. The molecule has 0 amide bonds. The zero-order valence-corrected chi connectivity index (χ0v) is 10.8. The van der Waals surface area contributed by atoms with Crippen molar-refractivity contribution in [2.75, 3.05) is 7.05 Å². The lowest BCUT2D eigenvalue weighted by atomic mass is 10.1. The minimum atomic E-state index is 0. The van der Waals surface area contributed by atoms with Gasteiger partial charge in [-0.25, -0.2) is 0 Å². The normalized spacial score (nSPS) is 10.0. The molecule has 1 aromatic carbocycles. The van der Waals surface area contributed by atoms with E-state index < -0.39 is 0 Å². The molecule has 0 aromatic heterocycles. The summed E-state index contributed by atoms with van der Waals surface area (Å²) in [4.78, 5) is 0. The fourth-order valence-corrected chi connectivity index (χ4v) is 0.949. The van der Waals surface area contributed by atoms with Crippen molar-refractivity contribution in [3.05, 3.63) is 35.9 Å². The predicted molar refractivity (Wildman–Crippen MR) is 42.7 cm³/mol. The van der Waals surface area contributed by atoms with Gasteiger partial charge in [-0.1, -0.05) is 30.3 Å². The average Bonchev–Trinajstić information content (AvgIpc) is 2.05. The number of halogens is 3. The van der Waals surface area contributed by atoms with E-state index in [1.807, 2.05) is 6.07 Å². The summed E-state index contributed by atoms with van der Waals surface area (Å²) in [7, 11) is 2.09. The molecule has 1 atom stereocenters. The van der Waals surface area contributed by atoms with Gasteiger partial charge >= 0.3 is 0 Å². The molecule has 78 valence electrons. The van der Waals surface area contributed by atoms with Gasteiger partial charge < -0.3 is 47.1 Å². The Hall–Kier alpha value is 0.240. The van der Waals surface area contributed by atoms with Crippen molar-refractivity contribution in [3.8, 4) is 0 Å². The maximum Gasteiger partial charge on any atom is 0.108 e. The van der Waals surface area contributed by atoms with E-state index in [0.29, 0.717) is 6.04 Å². The summed E-state index contributed by atoms with van der Waals surface area (Å²) in [5.74, 6) is 0. The monoisotopic (exact) mass is 285 g/mol. The molecule has 0 radical (unpaired) electrons. The lowest BCUT2D eigenvalue weighted by Gasteiger charge is -2.05. The minimum absolute atomic E-state index is 0. The van der Waals surface area contributed by atoms with Crippen molar-refractivity contribution in [1.29, 1.82) is 0 Å². The summed E-state index contributed by atoms with van der Waals surface area (Å²) in [6.07, 6.45) is 0. The standard InChI is InChI=1S/C9H13N.BrH.2ClH/c1-8(10-2)9-6-4-3-5-7-9;;;/h3-8,10H,1-2H3;3*1H/p-2. The summed E-state index contributed by atoms with van der Waals surface area (Å²) in [6, 6.07) is 11.1.